The molecular formula is C19H26Si. The maximum Gasteiger partial charge on any atom is 0.123 e. The smallest absolute Gasteiger partial charge is 0.0645 e. The minimum absolute atomic E-state index is 0.687. The Hall–Kier alpha value is -1.34. The van der Waals surface area contributed by atoms with Gasteiger partial charge in [0.15, 0.2) is 0 Å². The van der Waals surface area contributed by atoms with Gasteiger partial charge in [-0.1, -0.05) is 98.2 Å². The van der Waals surface area contributed by atoms with Gasteiger partial charge in [-0.15, -0.1) is 0 Å². The normalized spacial score (nSPS) is 12.2. The first-order valence-electron chi connectivity index (χ1n) is 7.62. The molecule has 0 radical (unpaired) electrons. The molecule has 0 N–H and O–H groups in total. The van der Waals surface area contributed by atoms with E-state index in [1.165, 1.54) is 5.56 Å². The van der Waals surface area contributed by atoms with E-state index in [1.807, 2.05) is 0 Å². The van der Waals surface area contributed by atoms with Crippen LogP contribution in [0.3, 0.4) is 0 Å². The second kappa shape index (κ2) is 5.97. The predicted molar refractivity (Wildman–Crippen MR) is 92.8 cm³/mol. The molecule has 0 unspecified atom stereocenters. The Morgan fingerprint density at radius 2 is 1.25 bits per heavy atom. The fourth-order valence-corrected chi connectivity index (χ4v) is 9.70. The zero-order valence-corrected chi connectivity index (χ0v) is 14.4. The molecule has 0 nitrogen and oxygen atoms in total. The van der Waals surface area contributed by atoms with E-state index < -0.39 is 8.07 Å². The van der Waals surface area contributed by atoms with Crippen molar-refractivity contribution in [2.45, 2.75) is 45.7 Å². The molecule has 0 heterocycles. The SMILES string of the molecule is Cc1cccc([Si](c2ccccc2)(C(C)C)C(C)C)c1. The topological polar surface area (TPSA) is 0 Å². The van der Waals surface area contributed by atoms with E-state index in [9.17, 15) is 0 Å². The average Bonchev–Trinajstić information content (AvgIpc) is 2.40. The second-order valence-corrected chi connectivity index (χ2v) is 11.6. The minimum Gasteiger partial charge on any atom is -0.0645 e. The van der Waals surface area contributed by atoms with Crippen LogP contribution in [0.25, 0.3) is 0 Å². The van der Waals surface area contributed by atoms with Gasteiger partial charge in [0.05, 0.1) is 0 Å². The molecule has 0 fully saturated rings. The molecule has 0 bridgehead atoms. The lowest BCUT2D eigenvalue weighted by Crippen LogP contribution is -2.62. The highest BCUT2D eigenvalue weighted by Gasteiger charge is 2.43. The molecule has 0 atom stereocenters. The van der Waals surface area contributed by atoms with Crippen LogP contribution in [0.15, 0.2) is 54.6 Å². The van der Waals surface area contributed by atoms with E-state index in [1.54, 1.807) is 10.4 Å². The van der Waals surface area contributed by atoms with Gasteiger partial charge in [-0.2, -0.15) is 0 Å². The third kappa shape index (κ3) is 2.47. The molecule has 0 amide bonds. The molecule has 20 heavy (non-hydrogen) atoms. The Morgan fingerprint density at radius 3 is 1.75 bits per heavy atom. The van der Waals surface area contributed by atoms with Gasteiger partial charge in [-0.3, -0.25) is 0 Å². The molecule has 106 valence electrons. The van der Waals surface area contributed by atoms with Gasteiger partial charge in [0.2, 0.25) is 0 Å². The highest BCUT2D eigenvalue weighted by Crippen LogP contribution is 2.32. The zero-order chi connectivity index (χ0) is 14.8. The van der Waals surface area contributed by atoms with Crippen molar-refractivity contribution in [2.75, 3.05) is 0 Å². The maximum atomic E-state index is 2.42. The molecule has 0 aliphatic rings. The molecule has 2 rings (SSSR count). The summed E-state index contributed by atoms with van der Waals surface area (Å²) in [5.41, 5.74) is 2.75. The second-order valence-electron chi connectivity index (χ2n) is 6.41. The first-order chi connectivity index (χ1) is 9.49. The highest BCUT2D eigenvalue weighted by atomic mass is 28.3. The summed E-state index contributed by atoms with van der Waals surface area (Å²) in [6.45, 7) is 11.8. The number of hydrogen-bond donors (Lipinski definition) is 0. The molecule has 0 saturated heterocycles. The fourth-order valence-electron chi connectivity index (χ4n) is 3.78. The molecule has 0 aliphatic heterocycles. The summed E-state index contributed by atoms with van der Waals surface area (Å²) in [5, 5.41) is 3.14. The van der Waals surface area contributed by atoms with Gasteiger partial charge in [0.1, 0.15) is 8.07 Å². The van der Waals surface area contributed by atoms with Gasteiger partial charge in [0, 0.05) is 0 Å². The van der Waals surface area contributed by atoms with Crippen molar-refractivity contribution >= 4 is 18.4 Å². The van der Waals surface area contributed by atoms with E-state index in [0.717, 1.165) is 0 Å². The van der Waals surface area contributed by atoms with Crippen LogP contribution in [0.4, 0.5) is 0 Å². The first-order valence-corrected chi connectivity index (χ1v) is 9.77. The number of benzene rings is 2. The van der Waals surface area contributed by atoms with Gasteiger partial charge in [-0.25, -0.2) is 0 Å². The Morgan fingerprint density at radius 1 is 0.700 bits per heavy atom. The number of rotatable bonds is 4. The Kier molecular flexibility index (Phi) is 4.49. The largest absolute Gasteiger partial charge is 0.123 e. The van der Waals surface area contributed by atoms with Gasteiger partial charge >= 0.3 is 0 Å². The van der Waals surface area contributed by atoms with E-state index in [0.29, 0.717) is 11.1 Å². The third-order valence-electron chi connectivity index (χ3n) is 4.57. The summed E-state index contributed by atoms with van der Waals surface area (Å²) < 4.78 is 0. The Balaban J connectivity index is 2.72. The minimum atomic E-state index is -1.73. The standard InChI is InChI=1S/C19H26Si/c1-15(2)20(16(3)4,18-11-7-6-8-12-18)19-13-9-10-17(5)14-19/h6-16H,1-5H3. The van der Waals surface area contributed by atoms with Crippen LogP contribution in [0.2, 0.25) is 11.1 Å². The van der Waals surface area contributed by atoms with Crippen LogP contribution in [0, 0.1) is 6.92 Å². The molecule has 1 heteroatoms. The first kappa shape index (κ1) is 15.1. The lowest BCUT2D eigenvalue weighted by Gasteiger charge is -2.40. The molecule has 0 spiro atoms. The van der Waals surface area contributed by atoms with Gasteiger partial charge in [-0.05, 0) is 18.0 Å². The average molecular weight is 283 g/mol. The monoisotopic (exact) mass is 282 g/mol. The van der Waals surface area contributed by atoms with Gasteiger partial charge < -0.3 is 0 Å². The Bertz CT molecular complexity index is 547. The summed E-state index contributed by atoms with van der Waals surface area (Å²) in [6, 6.07) is 20.4. The maximum absolute atomic E-state index is 2.42. The Labute approximate surface area is 124 Å². The third-order valence-corrected chi connectivity index (χ3v) is 10.8. The van der Waals surface area contributed by atoms with Crippen LogP contribution in [0.1, 0.15) is 33.3 Å². The van der Waals surface area contributed by atoms with E-state index in [4.69, 9.17) is 0 Å². The molecule has 2 aromatic rings. The van der Waals surface area contributed by atoms with E-state index in [2.05, 4.69) is 89.2 Å². The zero-order valence-electron chi connectivity index (χ0n) is 13.4. The number of aryl methyl sites for hydroxylation is 1. The quantitative estimate of drug-likeness (QED) is 0.730. The van der Waals surface area contributed by atoms with Crippen molar-refractivity contribution in [3.8, 4) is 0 Å². The van der Waals surface area contributed by atoms with Crippen molar-refractivity contribution in [3.05, 3.63) is 60.2 Å². The van der Waals surface area contributed by atoms with E-state index in [-0.39, 0.29) is 0 Å². The molecule has 2 aromatic carbocycles. The van der Waals surface area contributed by atoms with Crippen LogP contribution in [-0.2, 0) is 0 Å². The molecular weight excluding hydrogens is 256 g/mol. The molecule has 0 aromatic heterocycles. The molecule has 0 saturated carbocycles. The van der Waals surface area contributed by atoms with Crippen molar-refractivity contribution in [2.24, 2.45) is 0 Å². The molecule has 0 aliphatic carbocycles. The van der Waals surface area contributed by atoms with Crippen LogP contribution in [0.5, 0.6) is 0 Å². The lowest BCUT2D eigenvalue weighted by atomic mass is 10.2. The summed E-state index contributed by atoms with van der Waals surface area (Å²) in [4.78, 5) is 0. The van der Waals surface area contributed by atoms with Crippen molar-refractivity contribution in [1.82, 2.24) is 0 Å². The van der Waals surface area contributed by atoms with E-state index >= 15 is 0 Å². The summed E-state index contributed by atoms with van der Waals surface area (Å²) in [6.07, 6.45) is 0. The van der Waals surface area contributed by atoms with Crippen LogP contribution >= 0.6 is 0 Å². The van der Waals surface area contributed by atoms with Gasteiger partial charge in [0.25, 0.3) is 0 Å². The summed E-state index contributed by atoms with van der Waals surface area (Å²) >= 11 is 0. The lowest BCUT2D eigenvalue weighted by molar-refractivity contribution is 0.927. The van der Waals surface area contributed by atoms with Crippen molar-refractivity contribution in [1.29, 1.82) is 0 Å². The van der Waals surface area contributed by atoms with Crippen LogP contribution < -0.4 is 10.4 Å². The van der Waals surface area contributed by atoms with Crippen molar-refractivity contribution in [3.63, 3.8) is 0 Å². The van der Waals surface area contributed by atoms with Crippen molar-refractivity contribution < 1.29 is 0 Å². The summed E-state index contributed by atoms with van der Waals surface area (Å²) in [5.74, 6) is 0. The predicted octanol–water partition coefficient (Wildman–Crippen LogP) is 4.38. The highest BCUT2D eigenvalue weighted by molar-refractivity contribution is 7.04. The van der Waals surface area contributed by atoms with Crippen LogP contribution in [-0.4, -0.2) is 8.07 Å². The summed E-state index contributed by atoms with van der Waals surface area (Å²) in [7, 11) is -1.73. The number of hydrogen-bond acceptors (Lipinski definition) is 0. The fraction of sp³-hybridized carbons (Fsp3) is 0.368.